The highest BCUT2D eigenvalue weighted by molar-refractivity contribution is 6.09. The van der Waals surface area contributed by atoms with Crippen molar-refractivity contribution in [1.29, 1.82) is 0 Å². The van der Waals surface area contributed by atoms with E-state index >= 15 is 0 Å². The first-order valence-electron chi connectivity index (χ1n) is 12.1. The van der Waals surface area contributed by atoms with Gasteiger partial charge in [0.05, 0.1) is 36.1 Å². The summed E-state index contributed by atoms with van der Waals surface area (Å²) in [7, 11) is 0. The Morgan fingerprint density at radius 2 is 1.67 bits per heavy atom. The first-order chi connectivity index (χ1) is 18.5. The zero-order valence-electron chi connectivity index (χ0n) is 20.5. The van der Waals surface area contributed by atoms with Crippen molar-refractivity contribution in [1.82, 2.24) is 14.5 Å². The monoisotopic (exact) mass is 551 g/mol. The summed E-state index contributed by atoms with van der Waals surface area (Å²) >= 11 is 0. The Kier molecular flexibility index (Phi) is 7.25. The summed E-state index contributed by atoms with van der Waals surface area (Å²) in [5.41, 5.74) is -2.06. The van der Waals surface area contributed by atoms with E-state index < -0.39 is 29.4 Å². The van der Waals surface area contributed by atoms with E-state index in [2.05, 4.69) is 9.88 Å². The van der Waals surface area contributed by atoms with Crippen LogP contribution in [-0.4, -0.2) is 59.9 Å². The molecule has 1 saturated heterocycles. The van der Waals surface area contributed by atoms with E-state index in [1.54, 1.807) is 28.8 Å². The Morgan fingerprint density at radius 1 is 0.923 bits per heavy atom. The number of ether oxygens (including phenoxy) is 2. The number of esters is 1. The summed E-state index contributed by atoms with van der Waals surface area (Å²) in [6.45, 7) is 3.08. The third-order valence-corrected chi connectivity index (χ3v) is 6.68. The zero-order valence-corrected chi connectivity index (χ0v) is 20.5. The maximum Gasteiger partial charge on any atom is 0.416 e. The Morgan fingerprint density at radius 3 is 2.38 bits per heavy atom. The predicted octanol–water partition coefficient (Wildman–Crippen LogP) is 5.76. The SMILES string of the molecule is O=C(OCCN1CCOCC1)c1cc2c3ccccc3n(Cc3ccc(C(F)(F)F)cc3C(F)(F)F)c2cn1. The maximum absolute atomic E-state index is 13.8. The van der Waals surface area contributed by atoms with Crippen molar-refractivity contribution in [3.63, 3.8) is 0 Å². The number of carbonyl (C=O) groups excluding carboxylic acids is 1. The van der Waals surface area contributed by atoms with E-state index in [0.717, 1.165) is 19.2 Å². The number of pyridine rings is 1. The van der Waals surface area contributed by atoms with Crippen molar-refractivity contribution in [2.45, 2.75) is 18.9 Å². The number of alkyl halides is 6. The van der Waals surface area contributed by atoms with E-state index in [1.165, 1.54) is 12.3 Å². The summed E-state index contributed by atoms with van der Waals surface area (Å²) in [5, 5.41) is 1.21. The molecule has 6 nitrogen and oxygen atoms in total. The highest BCUT2D eigenvalue weighted by Crippen LogP contribution is 2.38. The molecule has 3 heterocycles. The molecule has 4 aromatic rings. The lowest BCUT2D eigenvalue weighted by molar-refractivity contribution is -0.143. The van der Waals surface area contributed by atoms with Gasteiger partial charge in [0.25, 0.3) is 0 Å². The number of para-hydroxylation sites is 1. The first-order valence-corrected chi connectivity index (χ1v) is 12.1. The molecule has 2 aromatic heterocycles. The molecule has 1 aliphatic heterocycles. The molecule has 2 aromatic carbocycles. The molecule has 0 spiro atoms. The standard InChI is InChI=1S/C27H23F6N3O3/c28-26(29,30)18-6-5-17(21(13-18)27(31,32)33)16-36-23-4-2-1-3-19(23)20-14-22(34-15-24(20)36)25(37)39-12-9-35-7-10-38-11-8-35/h1-6,13-15H,7-12,16H2. The number of hydrogen-bond acceptors (Lipinski definition) is 5. The molecular formula is C27H23F6N3O3. The number of nitrogens with zero attached hydrogens (tertiary/aromatic N) is 3. The summed E-state index contributed by atoms with van der Waals surface area (Å²) in [4.78, 5) is 19.0. The second-order valence-corrected chi connectivity index (χ2v) is 9.15. The van der Waals surface area contributed by atoms with Crippen LogP contribution in [0.1, 0.15) is 27.2 Å². The molecular weight excluding hydrogens is 528 g/mol. The van der Waals surface area contributed by atoms with Crippen LogP contribution in [0.4, 0.5) is 26.3 Å². The second kappa shape index (κ2) is 10.5. The van der Waals surface area contributed by atoms with E-state index in [-0.39, 0.29) is 30.5 Å². The number of morpholine rings is 1. The van der Waals surface area contributed by atoms with Gasteiger partial charge in [-0.3, -0.25) is 4.90 Å². The number of rotatable bonds is 6. The van der Waals surface area contributed by atoms with E-state index in [1.807, 2.05) is 0 Å². The molecule has 39 heavy (non-hydrogen) atoms. The Labute approximate surface area is 218 Å². The Bertz CT molecular complexity index is 1510. The lowest BCUT2D eigenvalue weighted by Crippen LogP contribution is -2.38. The van der Waals surface area contributed by atoms with Gasteiger partial charge in [-0.05, 0) is 29.8 Å². The molecule has 0 atom stereocenters. The summed E-state index contributed by atoms with van der Waals surface area (Å²) in [5.74, 6) is -0.635. The molecule has 0 saturated carbocycles. The van der Waals surface area contributed by atoms with Gasteiger partial charge in [-0.15, -0.1) is 0 Å². The van der Waals surface area contributed by atoms with Crippen LogP contribution in [0.25, 0.3) is 21.8 Å². The molecule has 1 fully saturated rings. The predicted molar refractivity (Wildman–Crippen MR) is 130 cm³/mol. The number of benzene rings is 2. The molecule has 0 unspecified atom stereocenters. The highest BCUT2D eigenvalue weighted by Gasteiger charge is 2.38. The van der Waals surface area contributed by atoms with Crippen molar-refractivity contribution in [2.75, 3.05) is 39.5 Å². The van der Waals surface area contributed by atoms with Crippen LogP contribution >= 0.6 is 0 Å². The molecule has 0 aliphatic carbocycles. The summed E-state index contributed by atoms with van der Waals surface area (Å²) < 4.78 is 93.0. The fourth-order valence-electron chi connectivity index (χ4n) is 4.72. The van der Waals surface area contributed by atoms with Gasteiger partial charge in [0, 0.05) is 42.5 Å². The smallest absolute Gasteiger partial charge is 0.416 e. The van der Waals surface area contributed by atoms with Crippen LogP contribution in [0.2, 0.25) is 0 Å². The molecule has 0 N–H and O–H groups in total. The summed E-state index contributed by atoms with van der Waals surface area (Å²) in [6.07, 6.45) is -8.54. The van der Waals surface area contributed by atoms with E-state index in [4.69, 9.17) is 9.47 Å². The second-order valence-electron chi connectivity index (χ2n) is 9.15. The topological polar surface area (TPSA) is 56.6 Å². The minimum atomic E-state index is -4.99. The molecule has 0 radical (unpaired) electrons. The van der Waals surface area contributed by atoms with Crippen LogP contribution in [0, 0.1) is 0 Å². The Balaban J connectivity index is 1.47. The zero-order chi connectivity index (χ0) is 27.8. The van der Waals surface area contributed by atoms with Crippen LogP contribution < -0.4 is 0 Å². The molecule has 5 rings (SSSR count). The normalized spacial score (nSPS) is 15.2. The third kappa shape index (κ3) is 5.71. The number of hydrogen-bond donors (Lipinski definition) is 0. The third-order valence-electron chi connectivity index (χ3n) is 6.68. The molecule has 206 valence electrons. The fraction of sp³-hybridized carbons (Fsp3) is 0.333. The van der Waals surface area contributed by atoms with Crippen molar-refractivity contribution in [2.24, 2.45) is 0 Å². The molecule has 1 aliphatic rings. The number of halogens is 6. The Hall–Kier alpha value is -3.64. The number of carbonyl (C=O) groups is 1. The van der Waals surface area contributed by atoms with Crippen LogP contribution in [0.5, 0.6) is 0 Å². The van der Waals surface area contributed by atoms with Crippen LogP contribution in [-0.2, 0) is 28.4 Å². The van der Waals surface area contributed by atoms with Gasteiger partial charge in [0.2, 0.25) is 0 Å². The lowest BCUT2D eigenvalue weighted by atomic mass is 10.0. The van der Waals surface area contributed by atoms with Gasteiger partial charge >= 0.3 is 18.3 Å². The van der Waals surface area contributed by atoms with Crippen molar-refractivity contribution in [3.8, 4) is 0 Å². The van der Waals surface area contributed by atoms with Gasteiger partial charge in [-0.25, -0.2) is 9.78 Å². The van der Waals surface area contributed by atoms with Crippen LogP contribution in [0.3, 0.4) is 0 Å². The van der Waals surface area contributed by atoms with Gasteiger partial charge < -0.3 is 14.0 Å². The van der Waals surface area contributed by atoms with Crippen molar-refractivity contribution >= 4 is 27.8 Å². The maximum atomic E-state index is 13.8. The molecule has 0 amide bonds. The average molecular weight is 551 g/mol. The fourth-order valence-corrected chi connectivity index (χ4v) is 4.72. The average Bonchev–Trinajstić information content (AvgIpc) is 3.21. The quantitative estimate of drug-likeness (QED) is 0.225. The van der Waals surface area contributed by atoms with Gasteiger partial charge in [-0.2, -0.15) is 26.3 Å². The molecule has 12 heteroatoms. The van der Waals surface area contributed by atoms with Crippen molar-refractivity contribution in [3.05, 3.63) is 77.1 Å². The number of aromatic nitrogens is 2. The van der Waals surface area contributed by atoms with Gasteiger partial charge in [-0.1, -0.05) is 24.3 Å². The van der Waals surface area contributed by atoms with E-state index in [0.29, 0.717) is 47.6 Å². The first kappa shape index (κ1) is 26.9. The van der Waals surface area contributed by atoms with Gasteiger partial charge in [0.1, 0.15) is 12.3 Å². The minimum Gasteiger partial charge on any atom is -0.460 e. The lowest BCUT2D eigenvalue weighted by Gasteiger charge is -2.26. The van der Waals surface area contributed by atoms with Crippen molar-refractivity contribution < 1.29 is 40.6 Å². The molecule has 0 bridgehead atoms. The highest BCUT2D eigenvalue weighted by atomic mass is 19.4. The number of fused-ring (bicyclic) bond motifs is 3. The van der Waals surface area contributed by atoms with Gasteiger partial charge in [0.15, 0.2) is 0 Å². The summed E-state index contributed by atoms with van der Waals surface area (Å²) in [6, 6.07) is 10.0. The minimum absolute atomic E-state index is 0.0397. The van der Waals surface area contributed by atoms with Crippen LogP contribution in [0.15, 0.2) is 54.7 Å². The van der Waals surface area contributed by atoms with E-state index in [9.17, 15) is 31.1 Å². The largest absolute Gasteiger partial charge is 0.460 e.